The maximum absolute atomic E-state index is 12.0. The molecule has 1 aromatic rings. The summed E-state index contributed by atoms with van der Waals surface area (Å²) in [6, 6.07) is 4.02. The Kier molecular flexibility index (Phi) is 4.83. The number of nitrogens with one attached hydrogen (secondary N) is 1. The molecule has 1 N–H and O–H groups in total. The minimum Gasteiger partial charge on any atom is -0.258 e. The van der Waals surface area contributed by atoms with Crippen LogP contribution in [0, 0.1) is 21.4 Å². The molecular formula is C10H10ClN3O4S. The van der Waals surface area contributed by atoms with Crippen LogP contribution in [0.2, 0.25) is 5.02 Å². The number of nitro groups is 1. The van der Waals surface area contributed by atoms with Gasteiger partial charge in [0.1, 0.15) is 6.04 Å². The van der Waals surface area contributed by atoms with Crippen LogP contribution in [-0.2, 0) is 10.0 Å². The van der Waals surface area contributed by atoms with Gasteiger partial charge in [0.15, 0.2) is 4.90 Å². The van der Waals surface area contributed by atoms with E-state index >= 15 is 0 Å². The molecule has 1 aromatic carbocycles. The predicted molar refractivity (Wildman–Crippen MR) is 68.1 cm³/mol. The lowest BCUT2D eigenvalue weighted by atomic mass is 10.3. The van der Waals surface area contributed by atoms with Gasteiger partial charge in [0.2, 0.25) is 10.0 Å². The molecule has 0 bridgehead atoms. The van der Waals surface area contributed by atoms with Gasteiger partial charge in [-0.2, -0.15) is 9.98 Å². The molecule has 0 amide bonds. The average molecular weight is 304 g/mol. The Hall–Kier alpha value is -1.69. The number of rotatable bonds is 5. The zero-order valence-corrected chi connectivity index (χ0v) is 11.4. The van der Waals surface area contributed by atoms with E-state index in [9.17, 15) is 18.5 Å². The summed E-state index contributed by atoms with van der Waals surface area (Å²) in [4.78, 5) is 9.48. The van der Waals surface area contributed by atoms with Crippen molar-refractivity contribution in [3.05, 3.63) is 33.3 Å². The zero-order chi connectivity index (χ0) is 14.6. The lowest BCUT2D eigenvalue weighted by Gasteiger charge is -2.10. The molecule has 9 heteroatoms. The van der Waals surface area contributed by atoms with E-state index in [1.54, 1.807) is 13.0 Å². The minimum atomic E-state index is -4.15. The number of sulfonamides is 1. The van der Waals surface area contributed by atoms with Gasteiger partial charge in [-0.05, 0) is 18.6 Å². The molecule has 7 nitrogen and oxygen atoms in total. The first kappa shape index (κ1) is 15.4. The number of benzene rings is 1. The second-order valence-electron chi connectivity index (χ2n) is 3.58. The van der Waals surface area contributed by atoms with Gasteiger partial charge in [-0.3, -0.25) is 10.1 Å². The molecule has 19 heavy (non-hydrogen) atoms. The van der Waals surface area contributed by atoms with Crippen LogP contribution in [0.3, 0.4) is 0 Å². The van der Waals surface area contributed by atoms with Crippen molar-refractivity contribution < 1.29 is 13.3 Å². The van der Waals surface area contributed by atoms with Gasteiger partial charge in [-0.15, -0.1) is 0 Å². The highest BCUT2D eigenvalue weighted by Gasteiger charge is 2.27. The van der Waals surface area contributed by atoms with Crippen LogP contribution in [0.5, 0.6) is 0 Å². The fraction of sp³-hybridized carbons (Fsp3) is 0.300. The first-order valence-corrected chi connectivity index (χ1v) is 7.03. The van der Waals surface area contributed by atoms with Crippen LogP contribution in [0.25, 0.3) is 0 Å². The summed E-state index contributed by atoms with van der Waals surface area (Å²) in [5.41, 5.74) is -0.632. The van der Waals surface area contributed by atoms with Crippen molar-refractivity contribution in [1.29, 1.82) is 5.26 Å². The maximum atomic E-state index is 12.0. The Morgan fingerprint density at radius 1 is 1.58 bits per heavy atom. The standard InChI is InChI=1S/C10H10ClN3O4S/c1-2-8(6-12)13-19(17,18)10-4-3-7(11)5-9(10)14(15)16/h3-5,8,13H,2H2,1H3. The van der Waals surface area contributed by atoms with Crippen molar-refractivity contribution in [3.8, 4) is 6.07 Å². The molecule has 0 fully saturated rings. The summed E-state index contributed by atoms with van der Waals surface area (Å²) >= 11 is 5.60. The summed E-state index contributed by atoms with van der Waals surface area (Å²) in [7, 11) is -4.15. The summed E-state index contributed by atoms with van der Waals surface area (Å²) < 4.78 is 26.1. The van der Waals surface area contributed by atoms with Gasteiger partial charge in [0.25, 0.3) is 5.69 Å². The van der Waals surface area contributed by atoms with Crippen LogP contribution in [0.4, 0.5) is 5.69 Å². The van der Waals surface area contributed by atoms with Gasteiger partial charge >= 0.3 is 0 Å². The summed E-state index contributed by atoms with van der Waals surface area (Å²) in [6.45, 7) is 1.62. The number of halogens is 1. The molecule has 0 aliphatic rings. The fourth-order valence-electron chi connectivity index (χ4n) is 1.31. The molecule has 0 saturated carbocycles. The Morgan fingerprint density at radius 2 is 2.21 bits per heavy atom. The average Bonchev–Trinajstić information content (AvgIpc) is 2.35. The van der Waals surface area contributed by atoms with Crippen molar-refractivity contribution >= 4 is 27.3 Å². The maximum Gasteiger partial charge on any atom is 0.290 e. The van der Waals surface area contributed by atoms with E-state index in [1.165, 1.54) is 6.07 Å². The summed E-state index contributed by atoms with van der Waals surface area (Å²) in [5.74, 6) is 0. The SMILES string of the molecule is CCC(C#N)NS(=O)(=O)c1ccc(Cl)cc1[N+](=O)[O-]. The van der Waals surface area contributed by atoms with E-state index < -0.39 is 31.6 Å². The van der Waals surface area contributed by atoms with E-state index in [0.29, 0.717) is 0 Å². The monoisotopic (exact) mass is 303 g/mol. The van der Waals surface area contributed by atoms with Crippen molar-refractivity contribution in [2.45, 2.75) is 24.3 Å². The second-order valence-corrected chi connectivity index (χ2v) is 5.70. The van der Waals surface area contributed by atoms with E-state index in [0.717, 1.165) is 12.1 Å². The molecular weight excluding hydrogens is 294 g/mol. The Balaban J connectivity index is 3.30. The molecule has 1 atom stereocenters. The van der Waals surface area contributed by atoms with Crippen LogP contribution < -0.4 is 4.72 Å². The van der Waals surface area contributed by atoms with E-state index in [1.807, 2.05) is 0 Å². The smallest absolute Gasteiger partial charge is 0.258 e. The van der Waals surface area contributed by atoms with Crippen molar-refractivity contribution in [1.82, 2.24) is 4.72 Å². The Morgan fingerprint density at radius 3 is 2.68 bits per heavy atom. The van der Waals surface area contributed by atoms with Crippen LogP contribution in [0.15, 0.2) is 23.1 Å². The van der Waals surface area contributed by atoms with Gasteiger partial charge in [0.05, 0.1) is 11.0 Å². The number of nitrogens with zero attached hydrogens (tertiary/aromatic N) is 2. The topological polar surface area (TPSA) is 113 Å². The lowest BCUT2D eigenvalue weighted by molar-refractivity contribution is -0.387. The highest BCUT2D eigenvalue weighted by atomic mass is 35.5. The third-order valence-corrected chi connectivity index (χ3v) is 4.02. The first-order valence-electron chi connectivity index (χ1n) is 5.17. The number of hydrogen-bond donors (Lipinski definition) is 1. The second kappa shape index (κ2) is 5.97. The number of nitro benzene ring substituents is 1. The summed E-state index contributed by atoms with van der Waals surface area (Å²) in [6.07, 6.45) is 0.247. The van der Waals surface area contributed by atoms with Crippen LogP contribution in [-0.4, -0.2) is 19.4 Å². The molecule has 0 spiro atoms. The zero-order valence-electron chi connectivity index (χ0n) is 9.83. The molecule has 1 unspecified atom stereocenters. The van der Waals surface area contributed by atoms with Crippen molar-refractivity contribution in [2.24, 2.45) is 0 Å². The predicted octanol–water partition coefficient (Wildman–Crippen LogP) is 1.83. The third-order valence-electron chi connectivity index (χ3n) is 2.27. The van der Waals surface area contributed by atoms with E-state index in [4.69, 9.17) is 16.9 Å². The molecule has 0 aliphatic heterocycles. The Bertz CT molecular complexity index is 639. The van der Waals surface area contributed by atoms with Gasteiger partial charge in [-0.1, -0.05) is 18.5 Å². The van der Waals surface area contributed by atoms with E-state index in [-0.39, 0.29) is 11.4 Å². The quantitative estimate of drug-likeness (QED) is 0.658. The van der Waals surface area contributed by atoms with Crippen molar-refractivity contribution in [3.63, 3.8) is 0 Å². The van der Waals surface area contributed by atoms with Gasteiger partial charge < -0.3 is 0 Å². The van der Waals surface area contributed by atoms with Gasteiger partial charge in [0, 0.05) is 11.1 Å². The largest absolute Gasteiger partial charge is 0.290 e. The third kappa shape index (κ3) is 3.64. The molecule has 0 radical (unpaired) electrons. The lowest BCUT2D eigenvalue weighted by Crippen LogP contribution is -2.33. The molecule has 102 valence electrons. The molecule has 1 rings (SSSR count). The molecule has 0 aliphatic carbocycles. The normalized spacial score (nSPS) is 12.7. The minimum absolute atomic E-state index is 0.0537. The summed E-state index contributed by atoms with van der Waals surface area (Å²) in [5, 5.41) is 19.6. The van der Waals surface area contributed by atoms with Gasteiger partial charge in [-0.25, -0.2) is 8.42 Å². The fourth-order valence-corrected chi connectivity index (χ4v) is 2.86. The molecule has 0 saturated heterocycles. The highest BCUT2D eigenvalue weighted by molar-refractivity contribution is 7.89. The van der Waals surface area contributed by atoms with Crippen molar-refractivity contribution in [2.75, 3.05) is 0 Å². The number of hydrogen-bond acceptors (Lipinski definition) is 5. The first-order chi connectivity index (χ1) is 8.81. The van der Waals surface area contributed by atoms with Crippen LogP contribution in [0.1, 0.15) is 13.3 Å². The van der Waals surface area contributed by atoms with E-state index in [2.05, 4.69) is 4.72 Å². The molecule has 0 heterocycles. The van der Waals surface area contributed by atoms with Crippen LogP contribution >= 0.6 is 11.6 Å². The Labute approximate surface area is 115 Å². The number of nitriles is 1. The highest BCUT2D eigenvalue weighted by Crippen LogP contribution is 2.27. The molecule has 0 aromatic heterocycles.